The van der Waals surface area contributed by atoms with E-state index in [1.54, 1.807) is 0 Å². The molecule has 1 spiro atoms. The number of hydrogen-bond donors (Lipinski definition) is 1. The Balaban J connectivity index is 0.00000128. The Hall–Kier alpha value is -0.280. The van der Waals surface area contributed by atoms with Gasteiger partial charge in [0.15, 0.2) is 0 Å². The van der Waals surface area contributed by atoms with E-state index in [9.17, 15) is 4.79 Å². The van der Waals surface area contributed by atoms with Gasteiger partial charge in [-0.05, 0) is 38.1 Å². The Labute approximate surface area is 104 Å². The maximum atomic E-state index is 12.2. The monoisotopic (exact) mass is 246 g/mol. The minimum Gasteiger partial charge on any atom is -0.343 e. The van der Waals surface area contributed by atoms with Crippen molar-refractivity contribution in [1.82, 2.24) is 10.2 Å². The van der Waals surface area contributed by atoms with Gasteiger partial charge in [0.1, 0.15) is 0 Å². The minimum atomic E-state index is 0. The molecule has 0 radical (unpaired) electrons. The van der Waals surface area contributed by atoms with Gasteiger partial charge in [0.05, 0.1) is 0 Å². The Kier molecular flexibility index (Phi) is 4.62. The van der Waals surface area contributed by atoms with Gasteiger partial charge < -0.3 is 10.2 Å². The number of nitrogens with zero attached hydrogens (tertiary/aromatic N) is 1. The van der Waals surface area contributed by atoms with Crippen molar-refractivity contribution in [3.63, 3.8) is 0 Å². The number of hydrogen-bond acceptors (Lipinski definition) is 2. The Morgan fingerprint density at radius 2 is 2.25 bits per heavy atom. The molecule has 4 heteroatoms. The van der Waals surface area contributed by atoms with E-state index >= 15 is 0 Å². The summed E-state index contributed by atoms with van der Waals surface area (Å²) in [6.07, 6.45) is 3.39. The van der Waals surface area contributed by atoms with Crippen LogP contribution in [0.2, 0.25) is 0 Å². The lowest BCUT2D eigenvalue weighted by Crippen LogP contribution is -2.34. The van der Waals surface area contributed by atoms with Crippen molar-refractivity contribution in [1.29, 1.82) is 0 Å². The molecule has 0 aromatic rings. The summed E-state index contributed by atoms with van der Waals surface area (Å²) in [5, 5.41) is 3.38. The molecule has 0 aromatic heterocycles. The van der Waals surface area contributed by atoms with Crippen molar-refractivity contribution in [2.45, 2.75) is 33.1 Å². The summed E-state index contributed by atoms with van der Waals surface area (Å²) in [7, 11) is 0. The summed E-state index contributed by atoms with van der Waals surface area (Å²) in [6, 6.07) is 0. The molecule has 1 aliphatic carbocycles. The van der Waals surface area contributed by atoms with E-state index < -0.39 is 0 Å². The van der Waals surface area contributed by atoms with Crippen LogP contribution in [0.4, 0.5) is 0 Å². The highest BCUT2D eigenvalue weighted by atomic mass is 35.5. The molecule has 16 heavy (non-hydrogen) atoms. The van der Waals surface area contributed by atoms with E-state index in [1.807, 2.05) is 4.90 Å². The second kappa shape index (κ2) is 5.37. The smallest absolute Gasteiger partial charge is 0.226 e. The molecule has 2 rings (SSSR count). The highest BCUT2D eigenvalue weighted by Gasteiger charge is 2.59. The van der Waals surface area contributed by atoms with Crippen LogP contribution in [0.15, 0.2) is 0 Å². The molecule has 2 fully saturated rings. The molecule has 1 saturated heterocycles. The summed E-state index contributed by atoms with van der Waals surface area (Å²) in [6.45, 7) is 8.17. The normalized spacial score (nSPS) is 31.2. The standard InChI is InChI=1S/C12H22N2O.ClH/c1-3-7-14(4-2)11(15)10-8-12(10)5-6-13-9-12;/h10,13H,3-9H2,1-2H3;1H. The van der Waals surface area contributed by atoms with Crippen molar-refractivity contribution < 1.29 is 4.79 Å². The third-order valence-corrected chi connectivity index (χ3v) is 3.95. The fraction of sp³-hybridized carbons (Fsp3) is 0.917. The van der Waals surface area contributed by atoms with E-state index in [1.165, 1.54) is 6.42 Å². The van der Waals surface area contributed by atoms with Gasteiger partial charge >= 0.3 is 0 Å². The van der Waals surface area contributed by atoms with Crippen molar-refractivity contribution >= 4 is 18.3 Å². The van der Waals surface area contributed by atoms with Gasteiger partial charge in [0.2, 0.25) is 5.91 Å². The van der Waals surface area contributed by atoms with Crippen molar-refractivity contribution in [2.75, 3.05) is 26.2 Å². The fourth-order valence-electron chi connectivity index (χ4n) is 2.85. The number of rotatable bonds is 4. The zero-order valence-corrected chi connectivity index (χ0v) is 11.1. The molecule has 1 heterocycles. The predicted molar refractivity (Wildman–Crippen MR) is 67.8 cm³/mol. The molecular weight excluding hydrogens is 224 g/mol. The molecular formula is C12H23ClN2O. The molecule has 2 unspecified atom stereocenters. The fourth-order valence-corrected chi connectivity index (χ4v) is 2.85. The van der Waals surface area contributed by atoms with Crippen LogP contribution in [-0.4, -0.2) is 37.0 Å². The average molecular weight is 247 g/mol. The average Bonchev–Trinajstić information content (AvgIpc) is 2.72. The van der Waals surface area contributed by atoms with Crippen LogP contribution < -0.4 is 5.32 Å². The predicted octanol–water partition coefficient (Wildman–Crippen LogP) is 1.67. The van der Waals surface area contributed by atoms with Crippen molar-refractivity contribution in [3.05, 3.63) is 0 Å². The van der Waals surface area contributed by atoms with E-state index in [4.69, 9.17) is 0 Å². The number of nitrogens with one attached hydrogen (secondary N) is 1. The first-order valence-corrected chi connectivity index (χ1v) is 6.23. The van der Waals surface area contributed by atoms with Crippen LogP contribution in [0.3, 0.4) is 0 Å². The summed E-state index contributed by atoms with van der Waals surface area (Å²) >= 11 is 0. The number of carbonyl (C=O) groups is 1. The second-order valence-corrected chi connectivity index (χ2v) is 4.96. The summed E-state index contributed by atoms with van der Waals surface area (Å²) in [4.78, 5) is 14.2. The van der Waals surface area contributed by atoms with Gasteiger partial charge in [0.25, 0.3) is 0 Å². The number of carbonyl (C=O) groups excluding carboxylic acids is 1. The van der Waals surface area contributed by atoms with Gasteiger partial charge in [-0.1, -0.05) is 6.92 Å². The lowest BCUT2D eigenvalue weighted by atomic mass is 10.0. The Morgan fingerprint density at radius 3 is 2.75 bits per heavy atom. The van der Waals surface area contributed by atoms with E-state index in [-0.39, 0.29) is 12.4 Å². The number of amides is 1. The molecule has 1 amide bonds. The second-order valence-electron chi connectivity index (χ2n) is 4.96. The molecule has 0 bridgehead atoms. The molecule has 1 saturated carbocycles. The molecule has 1 N–H and O–H groups in total. The zero-order valence-electron chi connectivity index (χ0n) is 10.3. The van der Waals surface area contributed by atoms with Crippen LogP contribution in [0.5, 0.6) is 0 Å². The van der Waals surface area contributed by atoms with Gasteiger partial charge in [-0.3, -0.25) is 4.79 Å². The SMILES string of the molecule is CCCN(CC)C(=O)C1CC12CCNC2.Cl. The van der Waals surface area contributed by atoms with Gasteiger partial charge in [-0.25, -0.2) is 0 Å². The summed E-state index contributed by atoms with van der Waals surface area (Å²) in [5.74, 6) is 0.738. The van der Waals surface area contributed by atoms with Crippen LogP contribution in [0.25, 0.3) is 0 Å². The van der Waals surface area contributed by atoms with Crippen LogP contribution >= 0.6 is 12.4 Å². The highest BCUT2D eigenvalue weighted by molar-refractivity contribution is 5.85. The molecule has 2 aliphatic rings. The minimum absolute atomic E-state index is 0. The first kappa shape index (κ1) is 13.8. The summed E-state index contributed by atoms with van der Waals surface area (Å²) < 4.78 is 0. The van der Waals surface area contributed by atoms with Gasteiger partial charge in [-0.2, -0.15) is 0 Å². The van der Waals surface area contributed by atoms with Crippen LogP contribution in [0, 0.1) is 11.3 Å². The first-order valence-electron chi connectivity index (χ1n) is 6.23. The van der Waals surface area contributed by atoms with Crippen LogP contribution in [-0.2, 0) is 4.79 Å². The largest absolute Gasteiger partial charge is 0.343 e. The summed E-state index contributed by atoms with van der Waals surface area (Å²) in [5.41, 5.74) is 0.359. The van der Waals surface area contributed by atoms with Crippen molar-refractivity contribution in [3.8, 4) is 0 Å². The topological polar surface area (TPSA) is 32.3 Å². The maximum absolute atomic E-state index is 12.2. The maximum Gasteiger partial charge on any atom is 0.226 e. The first-order chi connectivity index (χ1) is 7.23. The quantitative estimate of drug-likeness (QED) is 0.819. The third-order valence-electron chi connectivity index (χ3n) is 3.95. The molecule has 94 valence electrons. The van der Waals surface area contributed by atoms with E-state index in [0.29, 0.717) is 17.2 Å². The highest BCUT2D eigenvalue weighted by Crippen LogP contribution is 2.57. The molecule has 1 aliphatic heterocycles. The van der Waals surface area contributed by atoms with Gasteiger partial charge in [0, 0.05) is 25.6 Å². The van der Waals surface area contributed by atoms with Crippen molar-refractivity contribution in [2.24, 2.45) is 11.3 Å². The van der Waals surface area contributed by atoms with Crippen LogP contribution in [0.1, 0.15) is 33.1 Å². The number of halogens is 1. The Bertz CT molecular complexity index is 251. The lowest BCUT2D eigenvalue weighted by Gasteiger charge is -2.21. The van der Waals surface area contributed by atoms with E-state index in [0.717, 1.165) is 39.0 Å². The third kappa shape index (κ3) is 2.35. The Morgan fingerprint density at radius 1 is 1.50 bits per heavy atom. The zero-order chi connectivity index (χ0) is 10.9. The van der Waals surface area contributed by atoms with E-state index in [2.05, 4.69) is 19.2 Å². The molecule has 3 nitrogen and oxygen atoms in total. The molecule has 2 atom stereocenters. The van der Waals surface area contributed by atoms with Gasteiger partial charge in [-0.15, -0.1) is 12.4 Å². The lowest BCUT2D eigenvalue weighted by molar-refractivity contribution is -0.133. The molecule has 0 aromatic carbocycles.